The topological polar surface area (TPSA) is 39.1 Å². The molecule has 102 valence electrons. The van der Waals surface area contributed by atoms with Crippen LogP contribution in [0.15, 0.2) is 12.5 Å². The highest BCUT2D eigenvalue weighted by Gasteiger charge is 2.24. The second-order valence-electron chi connectivity index (χ2n) is 5.69. The van der Waals surface area contributed by atoms with Crippen molar-refractivity contribution in [3.8, 4) is 0 Å². The zero-order valence-electron chi connectivity index (χ0n) is 11.7. The average Bonchev–Trinajstić information content (AvgIpc) is 2.90. The van der Waals surface area contributed by atoms with Crippen LogP contribution in [0.2, 0.25) is 0 Å². The molecule has 0 aromatic carbocycles. The molecule has 2 atom stereocenters. The van der Waals surface area contributed by atoms with E-state index in [4.69, 9.17) is 4.74 Å². The molecule has 4 heteroatoms. The fourth-order valence-corrected chi connectivity index (χ4v) is 2.42. The van der Waals surface area contributed by atoms with Crippen LogP contribution in [-0.4, -0.2) is 28.8 Å². The SMILES string of the molecule is CC(C)CNCc1cncn1CC1CCOC1C. The number of imidazole rings is 1. The van der Waals surface area contributed by atoms with Crippen LogP contribution >= 0.6 is 0 Å². The van der Waals surface area contributed by atoms with Gasteiger partial charge < -0.3 is 14.6 Å². The summed E-state index contributed by atoms with van der Waals surface area (Å²) in [5.41, 5.74) is 1.27. The first-order valence-electron chi connectivity index (χ1n) is 6.98. The van der Waals surface area contributed by atoms with Gasteiger partial charge in [-0.25, -0.2) is 4.98 Å². The first kappa shape index (κ1) is 13.6. The first-order valence-corrected chi connectivity index (χ1v) is 6.98. The van der Waals surface area contributed by atoms with E-state index in [0.29, 0.717) is 17.9 Å². The molecule has 1 saturated heterocycles. The summed E-state index contributed by atoms with van der Waals surface area (Å²) in [5, 5.41) is 3.47. The highest BCUT2D eigenvalue weighted by atomic mass is 16.5. The molecule has 1 aliphatic rings. The Balaban J connectivity index is 1.87. The molecule has 1 aliphatic heterocycles. The molecule has 1 aromatic rings. The van der Waals surface area contributed by atoms with Gasteiger partial charge in [0.05, 0.1) is 18.1 Å². The molecule has 1 fully saturated rings. The van der Waals surface area contributed by atoms with Gasteiger partial charge in [-0.2, -0.15) is 0 Å². The van der Waals surface area contributed by atoms with E-state index in [9.17, 15) is 0 Å². The fourth-order valence-electron chi connectivity index (χ4n) is 2.42. The molecule has 0 bridgehead atoms. The summed E-state index contributed by atoms with van der Waals surface area (Å²) in [7, 11) is 0. The summed E-state index contributed by atoms with van der Waals surface area (Å²) in [5.74, 6) is 1.31. The van der Waals surface area contributed by atoms with Crippen LogP contribution in [0.25, 0.3) is 0 Å². The van der Waals surface area contributed by atoms with Gasteiger partial charge in [-0.05, 0) is 25.8 Å². The molecule has 0 spiro atoms. The lowest BCUT2D eigenvalue weighted by Gasteiger charge is -2.17. The van der Waals surface area contributed by atoms with E-state index in [0.717, 1.165) is 32.7 Å². The molecule has 4 nitrogen and oxygen atoms in total. The quantitative estimate of drug-likeness (QED) is 0.841. The number of nitrogens with zero attached hydrogens (tertiary/aromatic N) is 2. The predicted molar refractivity (Wildman–Crippen MR) is 72.3 cm³/mol. The normalized spacial score (nSPS) is 24.0. The molecular weight excluding hydrogens is 226 g/mol. The van der Waals surface area contributed by atoms with Gasteiger partial charge in [0.15, 0.2) is 0 Å². The van der Waals surface area contributed by atoms with Gasteiger partial charge in [0.1, 0.15) is 0 Å². The Labute approximate surface area is 110 Å². The van der Waals surface area contributed by atoms with Crippen LogP contribution in [-0.2, 0) is 17.8 Å². The van der Waals surface area contributed by atoms with Crippen molar-refractivity contribution in [1.82, 2.24) is 14.9 Å². The van der Waals surface area contributed by atoms with E-state index in [1.807, 2.05) is 12.5 Å². The highest BCUT2D eigenvalue weighted by molar-refractivity contribution is 4.98. The molecular formula is C14H25N3O. The average molecular weight is 251 g/mol. The third kappa shape index (κ3) is 3.56. The number of ether oxygens (including phenoxy) is 1. The van der Waals surface area contributed by atoms with Crippen LogP contribution in [0, 0.1) is 11.8 Å². The van der Waals surface area contributed by atoms with Crippen molar-refractivity contribution in [2.45, 2.75) is 46.4 Å². The van der Waals surface area contributed by atoms with Gasteiger partial charge in [0, 0.05) is 31.8 Å². The van der Waals surface area contributed by atoms with Crippen molar-refractivity contribution in [3.63, 3.8) is 0 Å². The fraction of sp³-hybridized carbons (Fsp3) is 0.786. The minimum absolute atomic E-state index is 0.379. The van der Waals surface area contributed by atoms with E-state index >= 15 is 0 Å². The van der Waals surface area contributed by atoms with Gasteiger partial charge in [0.25, 0.3) is 0 Å². The van der Waals surface area contributed by atoms with Crippen molar-refractivity contribution in [2.75, 3.05) is 13.2 Å². The zero-order valence-corrected chi connectivity index (χ0v) is 11.7. The summed E-state index contributed by atoms with van der Waals surface area (Å²) in [6.07, 6.45) is 5.45. The van der Waals surface area contributed by atoms with E-state index in [2.05, 4.69) is 35.6 Å². The molecule has 18 heavy (non-hydrogen) atoms. The van der Waals surface area contributed by atoms with Crippen molar-refractivity contribution >= 4 is 0 Å². The van der Waals surface area contributed by atoms with E-state index in [1.165, 1.54) is 5.69 Å². The third-order valence-electron chi connectivity index (χ3n) is 3.62. The molecule has 0 aliphatic carbocycles. The molecule has 0 saturated carbocycles. The minimum atomic E-state index is 0.379. The predicted octanol–water partition coefficient (Wildman–Crippen LogP) is 2.05. The van der Waals surface area contributed by atoms with Crippen molar-refractivity contribution in [1.29, 1.82) is 0 Å². The van der Waals surface area contributed by atoms with Crippen LogP contribution in [0.3, 0.4) is 0 Å². The van der Waals surface area contributed by atoms with Crippen LogP contribution in [0.1, 0.15) is 32.9 Å². The monoisotopic (exact) mass is 251 g/mol. The zero-order chi connectivity index (χ0) is 13.0. The lowest BCUT2D eigenvalue weighted by molar-refractivity contribution is 0.101. The maximum absolute atomic E-state index is 5.62. The summed E-state index contributed by atoms with van der Waals surface area (Å²) >= 11 is 0. The number of nitrogens with one attached hydrogen (secondary N) is 1. The van der Waals surface area contributed by atoms with Crippen molar-refractivity contribution in [3.05, 3.63) is 18.2 Å². The number of hydrogen-bond acceptors (Lipinski definition) is 3. The summed E-state index contributed by atoms with van der Waals surface area (Å²) < 4.78 is 7.88. The summed E-state index contributed by atoms with van der Waals surface area (Å²) in [6.45, 7) is 10.5. The molecule has 1 aromatic heterocycles. The Morgan fingerprint density at radius 3 is 3.06 bits per heavy atom. The number of aromatic nitrogens is 2. The minimum Gasteiger partial charge on any atom is -0.378 e. The molecule has 2 heterocycles. The molecule has 0 amide bonds. The highest BCUT2D eigenvalue weighted by Crippen LogP contribution is 2.22. The molecule has 0 radical (unpaired) electrons. The van der Waals surface area contributed by atoms with Gasteiger partial charge in [0.2, 0.25) is 0 Å². The number of hydrogen-bond donors (Lipinski definition) is 1. The van der Waals surface area contributed by atoms with Gasteiger partial charge in [-0.3, -0.25) is 0 Å². The van der Waals surface area contributed by atoms with Crippen molar-refractivity contribution in [2.24, 2.45) is 11.8 Å². The summed E-state index contributed by atoms with van der Waals surface area (Å²) in [4.78, 5) is 4.27. The second-order valence-corrected chi connectivity index (χ2v) is 5.69. The summed E-state index contributed by atoms with van der Waals surface area (Å²) in [6, 6.07) is 0. The second kappa shape index (κ2) is 6.34. The molecule has 2 rings (SSSR count). The molecule has 1 N–H and O–H groups in total. The standard InChI is InChI=1S/C14H25N3O/c1-11(2)6-15-7-14-8-16-10-17(14)9-13-4-5-18-12(13)3/h8,10-13,15H,4-7,9H2,1-3H3. The Hall–Kier alpha value is -0.870. The van der Waals surface area contributed by atoms with E-state index in [-0.39, 0.29) is 0 Å². The van der Waals surface area contributed by atoms with Crippen LogP contribution < -0.4 is 5.32 Å². The Morgan fingerprint density at radius 1 is 1.56 bits per heavy atom. The Morgan fingerprint density at radius 2 is 2.39 bits per heavy atom. The van der Waals surface area contributed by atoms with Gasteiger partial charge in [-0.1, -0.05) is 13.8 Å². The third-order valence-corrected chi connectivity index (χ3v) is 3.62. The van der Waals surface area contributed by atoms with Gasteiger partial charge >= 0.3 is 0 Å². The Bertz CT molecular complexity index is 362. The van der Waals surface area contributed by atoms with Gasteiger partial charge in [-0.15, -0.1) is 0 Å². The van der Waals surface area contributed by atoms with Crippen LogP contribution in [0.5, 0.6) is 0 Å². The Kier molecular flexibility index (Phi) is 4.78. The van der Waals surface area contributed by atoms with E-state index in [1.54, 1.807) is 0 Å². The van der Waals surface area contributed by atoms with Crippen LogP contribution in [0.4, 0.5) is 0 Å². The van der Waals surface area contributed by atoms with E-state index < -0.39 is 0 Å². The first-order chi connectivity index (χ1) is 8.66. The lowest BCUT2D eigenvalue weighted by atomic mass is 10.0. The smallest absolute Gasteiger partial charge is 0.0948 e. The lowest BCUT2D eigenvalue weighted by Crippen LogP contribution is -2.23. The maximum Gasteiger partial charge on any atom is 0.0948 e. The largest absolute Gasteiger partial charge is 0.378 e. The maximum atomic E-state index is 5.62. The van der Waals surface area contributed by atoms with Crippen molar-refractivity contribution < 1.29 is 4.74 Å². The molecule has 2 unspecified atom stereocenters. The number of rotatable bonds is 6.